The average molecular weight is 468 g/mol. The second kappa shape index (κ2) is 10.1. The van der Waals surface area contributed by atoms with E-state index in [-0.39, 0.29) is 17.3 Å². The van der Waals surface area contributed by atoms with Crippen LogP contribution in [0.1, 0.15) is 23.2 Å². The van der Waals surface area contributed by atoms with Crippen LogP contribution in [0.4, 0.5) is 13.2 Å². The fourth-order valence-electron chi connectivity index (χ4n) is 3.85. The number of pyridine rings is 1. The van der Waals surface area contributed by atoms with Gasteiger partial charge in [0, 0.05) is 24.4 Å². The molecular weight excluding hydrogens is 445 g/mol. The molecule has 33 heavy (non-hydrogen) atoms. The van der Waals surface area contributed by atoms with E-state index in [0.29, 0.717) is 37.1 Å². The van der Waals surface area contributed by atoms with E-state index in [2.05, 4.69) is 4.98 Å². The number of phenols is 1. The molecule has 1 aromatic heterocycles. The highest BCUT2D eigenvalue weighted by Gasteiger charge is 2.54. The van der Waals surface area contributed by atoms with Crippen molar-refractivity contribution in [2.45, 2.75) is 24.6 Å². The van der Waals surface area contributed by atoms with Crippen molar-refractivity contribution in [2.75, 3.05) is 26.3 Å². The van der Waals surface area contributed by atoms with Crippen molar-refractivity contribution >= 4 is 11.9 Å². The number of aromatic hydroxyl groups is 1. The van der Waals surface area contributed by atoms with Crippen LogP contribution in [0.5, 0.6) is 11.6 Å². The third-order valence-corrected chi connectivity index (χ3v) is 5.49. The van der Waals surface area contributed by atoms with Crippen LogP contribution < -0.4 is 4.74 Å². The summed E-state index contributed by atoms with van der Waals surface area (Å²) in [4.78, 5) is 27.4. The molecule has 0 saturated carbocycles. The van der Waals surface area contributed by atoms with E-state index >= 15 is 0 Å². The number of aliphatic carboxylic acids is 1. The van der Waals surface area contributed by atoms with Crippen LogP contribution in [0, 0.1) is 5.92 Å². The molecule has 2 saturated heterocycles. The fraction of sp³-hybridized carbons (Fsp3) is 0.409. The van der Waals surface area contributed by atoms with Crippen LogP contribution in [0.15, 0.2) is 48.7 Å². The molecule has 3 heterocycles. The zero-order chi connectivity index (χ0) is 24.1. The first kappa shape index (κ1) is 24.3. The van der Waals surface area contributed by atoms with Gasteiger partial charge < -0.3 is 24.6 Å². The van der Waals surface area contributed by atoms with E-state index in [1.54, 1.807) is 29.3 Å². The molecule has 4 rings (SSSR count). The molecule has 1 unspecified atom stereocenters. The van der Waals surface area contributed by atoms with Crippen molar-refractivity contribution in [1.82, 2.24) is 9.88 Å². The molecule has 0 aliphatic carbocycles. The van der Waals surface area contributed by atoms with Gasteiger partial charge in [-0.05, 0) is 43.0 Å². The van der Waals surface area contributed by atoms with Gasteiger partial charge in [-0.2, -0.15) is 13.2 Å². The lowest BCUT2D eigenvalue weighted by Crippen LogP contribution is -2.66. The Kier molecular flexibility index (Phi) is 7.42. The largest absolute Gasteiger partial charge is 0.508 e. The van der Waals surface area contributed by atoms with Gasteiger partial charge in [0.2, 0.25) is 5.88 Å². The predicted octanol–water partition coefficient (Wildman–Crippen LogP) is 3.12. The zero-order valence-electron chi connectivity index (χ0n) is 17.5. The van der Waals surface area contributed by atoms with Crippen molar-refractivity contribution in [2.24, 2.45) is 5.92 Å². The quantitative estimate of drug-likeness (QED) is 0.694. The number of alkyl halides is 3. The van der Waals surface area contributed by atoms with Gasteiger partial charge in [-0.25, -0.2) is 9.78 Å². The third kappa shape index (κ3) is 6.13. The second-order valence-electron chi connectivity index (χ2n) is 7.72. The maximum atomic E-state index is 12.6. The van der Waals surface area contributed by atoms with Crippen LogP contribution in [0.2, 0.25) is 0 Å². The number of hydrogen-bond donors (Lipinski definition) is 2. The Morgan fingerprint density at radius 1 is 1.21 bits per heavy atom. The number of amides is 1. The van der Waals surface area contributed by atoms with Crippen molar-refractivity contribution in [3.05, 3.63) is 54.2 Å². The number of phenolic OH excluding ortho intramolecular Hbond substituents is 1. The number of likely N-dealkylation sites (tertiary alicyclic amines) is 1. The van der Waals surface area contributed by atoms with E-state index < -0.39 is 12.1 Å². The number of carboxylic acids is 1. The molecule has 2 aliphatic rings. The highest BCUT2D eigenvalue weighted by Crippen LogP contribution is 2.42. The summed E-state index contributed by atoms with van der Waals surface area (Å²) in [6, 6.07) is 12.1. The molecule has 1 spiro atoms. The molecule has 2 fully saturated rings. The van der Waals surface area contributed by atoms with Gasteiger partial charge in [0.05, 0.1) is 19.7 Å². The maximum absolute atomic E-state index is 12.6. The number of ether oxygens (including phenoxy) is 2. The van der Waals surface area contributed by atoms with Gasteiger partial charge in [-0.1, -0.05) is 12.1 Å². The molecular formula is C22H23F3N2O6. The van der Waals surface area contributed by atoms with Gasteiger partial charge in [0.1, 0.15) is 11.4 Å². The summed E-state index contributed by atoms with van der Waals surface area (Å²) < 4.78 is 43.5. The van der Waals surface area contributed by atoms with Crippen molar-refractivity contribution in [3.63, 3.8) is 0 Å². The molecule has 8 nitrogen and oxygen atoms in total. The smallest absolute Gasteiger partial charge is 0.490 e. The third-order valence-electron chi connectivity index (χ3n) is 5.49. The van der Waals surface area contributed by atoms with E-state index in [1.807, 2.05) is 18.2 Å². The normalized spacial score (nSPS) is 18.8. The van der Waals surface area contributed by atoms with Crippen molar-refractivity contribution in [1.29, 1.82) is 0 Å². The lowest BCUT2D eigenvalue weighted by molar-refractivity contribution is -0.192. The molecule has 1 aromatic carbocycles. The molecule has 2 aromatic rings. The van der Waals surface area contributed by atoms with Crippen molar-refractivity contribution in [3.8, 4) is 11.6 Å². The predicted molar refractivity (Wildman–Crippen MR) is 109 cm³/mol. The fourth-order valence-corrected chi connectivity index (χ4v) is 3.85. The second-order valence-corrected chi connectivity index (χ2v) is 7.72. The van der Waals surface area contributed by atoms with Crippen LogP contribution in [0.3, 0.4) is 0 Å². The van der Waals surface area contributed by atoms with E-state index in [0.717, 1.165) is 19.4 Å². The number of carbonyl (C=O) groups excluding carboxylic acids is 1. The SMILES string of the molecule is O=C(O)C(F)(F)F.O=C(c1cccc(O)c1)N1CC2(C1)OCCC2CCOc1ccccn1. The highest BCUT2D eigenvalue weighted by atomic mass is 19.4. The summed E-state index contributed by atoms with van der Waals surface area (Å²) >= 11 is 0. The Balaban J connectivity index is 0.000000383. The Hall–Kier alpha value is -3.34. The molecule has 1 amide bonds. The molecule has 2 N–H and O–H groups in total. The highest BCUT2D eigenvalue weighted by molar-refractivity contribution is 5.95. The van der Waals surface area contributed by atoms with E-state index in [9.17, 15) is 23.1 Å². The maximum Gasteiger partial charge on any atom is 0.490 e. The molecule has 1 atom stereocenters. The molecule has 0 bridgehead atoms. The molecule has 0 radical (unpaired) electrons. The van der Waals surface area contributed by atoms with E-state index in [1.165, 1.54) is 6.07 Å². The monoisotopic (exact) mass is 468 g/mol. The number of hydrogen-bond acceptors (Lipinski definition) is 6. The number of nitrogens with zero attached hydrogens (tertiary/aromatic N) is 2. The summed E-state index contributed by atoms with van der Waals surface area (Å²) in [6.07, 6.45) is -1.50. The minimum Gasteiger partial charge on any atom is -0.508 e. The Labute approximate surface area is 187 Å². The minimum absolute atomic E-state index is 0.0643. The summed E-state index contributed by atoms with van der Waals surface area (Å²) in [5, 5.41) is 16.7. The number of carbonyl (C=O) groups is 2. The van der Waals surface area contributed by atoms with Gasteiger partial charge in [-0.15, -0.1) is 0 Å². The van der Waals surface area contributed by atoms with Crippen LogP contribution in [-0.4, -0.2) is 70.1 Å². The summed E-state index contributed by atoms with van der Waals surface area (Å²) in [7, 11) is 0. The Morgan fingerprint density at radius 2 is 1.94 bits per heavy atom. The van der Waals surface area contributed by atoms with Crippen LogP contribution in [-0.2, 0) is 9.53 Å². The topological polar surface area (TPSA) is 109 Å². The minimum atomic E-state index is -5.08. The Morgan fingerprint density at radius 3 is 2.55 bits per heavy atom. The molecule has 2 aliphatic heterocycles. The zero-order valence-corrected chi connectivity index (χ0v) is 17.5. The number of halogens is 3. The number of benzene rings is 1. The van der Waals surface area contributed by atoms with Gasteiger partial charge >= 0.3 is 12.1 Å². The lowest BCUT2D eigenvalue weighted by Gasteiger charge is -2.50. The lowest BCUT2D eigenvalue weighted by atomic mass is 9.79. The van der Waals surface area contributed by atoms with Gasteiger partial charge in [0.15, 0.2) is 0 Å². The molecule has 178 valence electrons. The van der Waals surface area contributed by atoms with Crippen LogP contribution >= 0.6 is 0 Å². The molecule has 11 heteroatoms. The number of rotatable bonds is 5. The summed E-state index contributed by atoms with van der Waals surface area (Å²) in [6.45, 7) is 2.50. The number of carboxylic acid groups (broad SMARTS) is 1. The first-order valence-corrected chi connectivity index (χ1v) is 10.2. The standard InChI is InChI=1S/C20H22N2O4.C2HF3O2/c23-17-5-3-4-15(12-17)19(24)22-13-20(14-22)16(8-11-26-20)7-10-25-18-6-1-2-9-21-18;3-2(4,5)1(6)7/h1-6,9,12,16,23H,7-8,10-11,13-14H2;(H,6,7). The van der Waals surface area contributed by atoms with Crippen LogP contribution in [0.25, 0.3) is 0 Å². The van der Waals surface area contributed by atoms with Gasteiger partial charge in [0.25, 0.3) is 5.91 Å². The number of aromatic nitrogens is 1. The van der Waals surface area contributed by atoms with Crippen molar-refractivity contribution < 1.29 is 42.4 Å². The Bertz CT molecular complexity index is 964. The first-order valence-electron chi connectivity index (χ1n) is 10.2. The first-order chi connectivity index (χ1) is 15.6. The summed E-state index contributed by atoms with van der Waals surface area (Å²) in [5.74, 6) is -1.71. The summed E-state index contributed by atoms with van der Waals surface area (Å²) in [5.41, 5.74) is 0.257. The van der Waals surface area contributed by atoms with Gasteiger partial charge in [-0.3, -0.25) is 4.79 Å². The van der Waals surface area contributed by atoms with E-state index in [4.69, 9.17) is 19.4 Å². The average Bonchev–Trinajstić information content (AvgIpc) is 3.17.